The van der Waals surface area contributed by atoms with Crippen molar-refractivity contribution in [2.24, 2.45) is 7.05 Å². The molecule has 2 heterocycles. The van der Waals surface area contributed by atoms with Crippen molar-refractivity contribution >= 4 is 5.91 Å². The fourth-order valence-electron chi connectivity index (χ4n) is 2.50. The highest BCUT2D eigenvalue weighted by Crippen LogP contribution is 2.18. The van der Waals surface area contributed by atoms with Gasteiger partial charge in [0.15, 0.2) is 0 Å². The predicted octanol–water partition coefficient (Wildman–Crippen LogP) is 2.71. The van der Waals surface area contributed by atoms with Gasteiger partial charge in [-0.2, -0.15) is 5.10 Å². The quantitative estimate of drug-likeness (QED) is 0.712. The molecular weight excluding hydrogens is 288 g/mol. The normalized spacial score (nSPS) is 10.7. The molecule has 3 aromatic rings. The van der Waals surface area contributed by atoms with E-state index in [9.17, 15) is 4.79 Å². The molecule has 23 heavy (non-hydrogen) atoms. The van der Waals surface area contributed by atoms with Crippen LogP contribution >= 0.6 is 0 Å². The Morgan fingerprint density at radius 1 is 1.13 bits per heavy atom. The van der Waals surface area contributed by atoms with Crippen LogP contribution in [0.1, 0.15) is 16.9 Å². The van der Waals surface area contributed by atoms with Crippen molar-refractivity contribution < 1.29 is 4.79 Å². The van der Waals surface area contributed by atoms with E-state index in [1.165, 1.54) is 0 Å². The van der Waals surface area contributed by atoms with Gasteiger partial charge >= 0.3 is 0 Å². The smallest absolute Gasteiger partial charge is 0.269 e. The molecule has 1 N–H and O–H groups in total. The Hall–Kier alpha value is -2.82. The summed E-state index contributed by atoms with van der Waals surface area (Å²) in [6.45, 7) is 1.54. The van der Waals surface area contributed by atoms with Crippen LogP contribution in [0.5, 0.6) is 0 Å². The number of hydrogen-bond acceptors (Lipinski definition) is 2. The summed E-state index contributed by atoms with van der Waals surface area (Å²) in [5, 5.41) is 7.38. The van der Waals surface area contributed by atoms with Crippen LogP contribution in [0.3, 0.4) is 0 Å². The molecule has 1 amide bonds. The zero-order valence-corrected chi connectivity index (χ0v) is 13.1. The molecule has 0 aliphatic rings. The fourth-order valence-corrected chi connectivity index (χ4v) is 2.50. The van der Waals surface area contributed by atoms with Gasteiger partial charge in [-0.25, -0.2) is 0 Å². The second kappa shape index (κ2) is 6.96. The van der Waals surface area contributed by atoms with Crippen molar-refractivity contribution in [3.8, 4) is 11.3 Å². The van der Waals surface area contributed by atoms with E-state index in [0.717, 1.165) is 24.2 Å². The third-order valence-electron chi connectivity index (χ3n) is 3.73. The number of amides is 1. The van der Waals surface area contributed by atoms with Gasteiger partial charge in [0.1, 0.15) is 5.69 Å². The minimum atomic E-state index is -0.0883. The van der Waals surface area contributed by atoms with Crippen LogP contribution in [0.15, 0.2) is 60.9 Å². The van der Waals surface area contributed by atoms with Crippen LogP contribution in [0, 0.1) is 0 Å². The SMILES string of the molecule is Cn1nc(-c2ccccc2)cc1C(=O)NCCCn1cccc1. The highest BCUT2D eigenvalue weighted by Gasteiger charge is 2.13. The maximum absolute atomic E-state index is 12.3. The van der Waals surface area contributed by atoms with E-state index in [1.807, 2.05) is 60.9 Å². The van der Waals surface area contributed by atoms with Gasteiger partial charge in [0.25, 0.3) is 5.91 Å². The Balaban J connectivity index is 1.58. The number of nitrogens with zero attached hydrogens (tertiary/aromatic N) is 3. The molecule has 5 heteroatoms. The lowest BCUT2D eigenvalue weighted by Gasteiger charge is -2.06. The predicted molar refractivity (Wildman–Crippen MR) is 90.0 cm³/mol. The van der Waals surface area contributed by atoms with Crippen molar-refractivity contribution in [2.75, 3.05) is 6.54 Å². The lowest BCUT2D eigenvalue weighted by atomic mass is 10.1. The van der Waals surface area contributed by atoms with Crippen LogP contribution in [-0.4, -0.2) is 26.8 Å². The van der Waals surface area contributed by atoms with E-state index in [4.69, 9.17) is 0 Å². The topological polar surface area (TPSA) is 51.9 Å². The minimum absolute atomic E-state index is 0.0883. The molecule has 0 radical (unpaired) electrons. The lowest BCUT2D eigenvalue weighted by molar-refractivity contribution is 0.0943. The first-order valence-electron chi connectivity index (χ1n) is 7.72. The van der Waals surface area contributed by atoms with Crippen molar-refractivity contribution in [3.63, 3.8) is 0 Å². The Labute approximate surface area is 135 Å². The van der Waals surface area contributed by atoms with Gasteiger partial charge in [-0.15, -0.1) is 0 Å². The molecule has 0 aliphatic heterocycles. The van der Waals surface area contributed by atoms with Crippen molar-refractivity contribution in [2.45, 2.75) is 13.0 Å². The van der Waals surface area contributed by atoms with Gasteiger partial charge in [0.2, 0.25) is 0 Å². The van der Waals surface area contributed by atoms with E-state index in [1.54, 1.807) is 11.7 Å². The third kappa shape index (κ3) is 3.69. The molecule has 0 saturated heterocycles. The first kappa shape index (κ1) is 15.1. The monoisotopic (exact) mass is 308 g/mol. The molecule has 118 valence electrons. The van der Waals surface area contributed by atoms with Gasteiger partial charge in [-0.1, -0.05) is 30.3 Å². The van der Waals surface area contributed by atoms with Crippen LogP contribution in [0.2, 0.25) is 0 Å². The molecule has 0 bridgehead atoms. The highest BCUT2D eigenvalue weighted by molar-refractivity contribution is 5.93. The average molecular weight is 308 g/mol. The first-order valence-corrected chi connectivity index (χ1v) is 7.72. The largest absolute Gasteiger partial charge is 0.354 e. The molecule has 5 nitrogen and oxygen atoms in total. The molecule has 0 atom stereocenters. The second-order valence-corrected chi connectivity index (χ2v) is 5.43. The van der Waals surface area contributed by atoms with Crippen LogP contribution in [0.4, 0.5) is 0 Å². The maximum atomic E-state index is 12.3. The molecule has 2 aromatic heterocycles. The Morgan fingerprint density at radius 3 is 2.61 bits per heavy atom. The van der Waals surface area contributed by atoms with Gasteiger partial charge in [0, 0.05) is 38.1 Å². The summed E-state index contributed by atoms with van der Waals surface area (Å²) < 4.78 is 3.73. The summed E-state index contributed by atoms with van der Waals surface area (Å²) in [5.41, 5.74) is 2.39. The number of aryl methyl sites for hydroxylation is 2. The molecule has 0 spiro atoms. The zero-order chi connectivity index (χ0) is 16.1. The summed E-state index contributed by atoms with van der Waals surface area (Å²) >= 11 is 0. The molecule has 3 rings (SSSR count). The summed E-state index contributed by atoms with van der Waals surface area (Å²) in [6.07, 6.45) is 4.94. The van der Waals surface area contributed by atoms with Gasteiger partial charge < -0.3 is 9.88 Å². The molecule has 0 saturated carbocycles. The molecule has 0 unspecified atom stereocenters. The molecular formula is C18H20N4O. The Morgan fingerprint density at radius 2 is 1.87 bits per heavy atom. The number of nitrogens with one attached hydrogen (secondary N) is 1. The van der Waals surface area contributed by atoms with Crippen LogP contribution in [0.25, 0.3) is 11.3 Å². The number of hydrogen-bond donors (Lipinski definition) is 1. The summed E-state index contributed by atoms with van der Waals surface area (Å²) in [7, 11) is 1.79. The van der Waals surface area contributed by atoms with Crippen molar-refractivity contribution in [3.05, 3.63) is 66.6 Å². The van der Waals surface area contributed by atoms with Gasteiger partial charge in [-0.05, 0) is 24.6 Å². The van der Waals surface area contributed by atoms with E-state index >= 15 is 0 Å². The van der Waals surface area contributed by atoms with E-state index in [-0.39, 0.29) is 5.91 Å². The number of benzene rings is 1. The fraction of sp³-hybridized carbons (Fsp3) is 0.222. The maximum Gasteiger partial charge on any atom is 0.269 e. The van der Waals surface area contributed by atoms with E-state index < -0.39 is 0 Å². The summed E-state index contributed by atoms with van der Waals surface area (Å²) in [4.78, 5) is 12.3. The zero-order valence-electron chi connectivity index (χ0n) is 13.1. The molecule has 0 aliphatic carbocycles. The first-order chi connectivity index (χ1) is 11.2. The summed E-state index contributed by atoms with van der Waals surface area (Å²) in [5.74, 6) is -0.0883. The lowest BCUT2D eigenvalue weighted by Crippen LogP contribution is -2.27. The van der Waals surface area contributed by atoms with E-state index in [2.05, 4.69) is 15.0 Å². The summed E-state index contributed by atoms with van der Waals surface area (Å²) in [6, 6.07) is 15.7. The van der Waals surface area contributed by atoms with Gasteiger partial charge in [-0.3, -0.25) is 9.48 Å². The number of carbonyl (C=O) groups excluding carboxylic acids is 1. The van der Waals surface area contributed by atoms with Crippen molar-refractivity contribution in [1.29, 1.82) is 0 Å². The Kier molecular flexibility index (Phi) is 4.57. The van der Waals surface area contributed by atoms with Crippen molar-refractivity contribution in [1.82, 2.24) is 19.7 Å². The van der Waals surface area contributed by atoms with Crippen LogP contribution < -0.4 is 5.32 Å². The second-order valence-electron chi connectivity index (χ2n) is 5.43. The number of aromatic nitrogens is 3. The van der Waals surface area contributed by atoms with Crippen LogP contribution in [-0.2, 0) is 13.6 Å². The average Bonchev–Trinajstić information content (AvgIpc) is 3.22. The van der Waals surface area contributed by atoms with Gasteiger partial charge in [0.05, 0.1) is 5.69 Å². The molecule has 1 aromatic carbocycles. The third-order valence-corrected chi connectivity index (χ3v) is 3.73. The van der Waals surface area contributed by atoms with E-state index in [0.29, 0.717) is 12.2 Å². The minimum Gasteiger partial charge on any atom is -0.354 e. The molecule has 0 fully saturated rings. The number of rotatable bonds is 6. The highest BCUT2D eigenvalue weighted by atomic mass is 16.2. The standard InChI is InChI=1S/C18H20N4O/c1-21-17(14-16(20-21)15-8-3-2-4-9-15)18(23)19-10-7-13-22-11-5-6-12-22/h2-6,8-9,11-12,14H,7,10,13H2,1H3,(H,19,23). The Bertz CT molecular complexity index is 760. The number of carbonyl (C=O) groups is 1.